The van der Waals surface area contributed by atoms with Crippen LogP contribution in [0.2, 0.25) is 0 Å². The highest BCUT2D eigenvalue weighted by molar-refractivity contribution is 7.80. The van der Waals surface area contributed by atoms with Gasteiger partial charge in [-0.05, 0) is 78.0 Å². The van der Waals surface area contributed by atoms with Gasteiger partial charge in [0, 0.05) is 11.7 Å². The maximum absolute atomic E-state index is 5.44. The van der Waals surface area contributed by atoms with E-state index in [9.17, 15) is 0 Å². The molecule has 2 N–H and O–H groups in total. The highest BCUT2D eigenvalue weighted by Crippen LogP contribution is 2.44. The highest BCUT2D eigenvalue weighted by atomic mass is 32.1. The summed E-state index contributed by atoms with van der Waals surface area (Å²) < 4.78 is 1.62. The molecule has 4 rings (SSSR count). The zero-order chi connectivity index (χ0) is 14.9. The Balaban J connectivity index is 1.35. The molecule has 0 aliphatic heterocycles. The molecule has 7 heteroatoms. The van der Waals surface area contributed by atoms with Crippen LogP contribution in [0.5, 0.6) is 0 Å². The maximum atomic E-state index is 5.44. The first-order valence-corrected chi connectivity index (χ1v) is 8.10. The van der Waals surface area contributed by atoms with Gasteiger partial charge in [0.25, 0.3) is 0 Å². The van der Waals surface area contributed by atoms with Crippen molar-refractivity contribution in [3.8, 4) is 5.69 Å². The maximum Gasteiger partial charge on any atom is 0.171 e. The van der Waals surface area contributed by atoms with Crippen molar-refractivity contribution in [3.63, 3.8) is 0 Å². The molecule has 0 saturated heterocycles. The minimum absolute atomic E-state index is 0.555. The number of hydrogen-bond acceptors (Lipinski definition) is 4. The van der Waals surface area contributed by atoms with Crippen molar-refractivity contribution >= 4 is 23.0 Å². The van der Waals surface area contributed by atoms with Crippen molar-refractivity contribution in [2.75, 3.05) is 5.32 Å². The number of tetrazole rings is 1. The van der Waals surface area contributed by atoms with E-state index in [1.54, 1.807) is 11.0 Å². The van der Waals surface area contributed by atoms with E-state index in [1.807, 2.05) is 24.3 Å². The third-order valence-electron chi connectivity index (χ3n) is 4.79. The first kappa shape index (κ1) is 13.6. The Bertz CT molecular complexity index is 653. The number of rotatable bonds is 3. The van der Waals surface area contributed by atoms with E-state index in [1.165, 1.54) is 25.7 Å². The van der Waals surface area contributed by atoms with E-state index in [4.69, 9.17) is 12.2 Å². The molecule has 0 unspecified atom stereocenters. The van der Waals surface area contributed by atoms with Gasteiger partial charge < -0.3 is 10.6 Å². The number of hydrogen-bond donors (Lipinski definition) is 2. The van der Waals surface area contributed by atoms with Crippen LogP contribution in [0.3, 0.4) is 0 Å². The Morgan fingerprint density at radius 2 is 2.05 bits per heavy atom. The normalized spacial score (nSPS) is 26.1. The van der Waals surface area contributed by atoms with Crippen molar-refractivity contribution in [1.29, 1.82) is 0 Å². The molecule has 2 aromatic rings. The second-order valence-electron chi connectivity index (χ2n) is 6.18. The van der Waals surface area contributed by atoms with Crippen LogP contribution in [0.1, 0.15) is 25.7 Å². The predicted octanol–water partition coefficient (Wildman–Crippen LogP) is 2.14. The number of nitrogens with one attached hydrogen (secondary N) is 2. The van der Waals surface area contributed by atoms with Crippen molar-refractivity contribution < 1.29 is 0 Å². The van der Waals surface area contributed by atoms with E-state index in [0.29, 0.717) is 11.2 Å². The van der Waals surface area contributed by atoms with E-state index in [0.717, 1.165) is 23.2 Å². The van der Waals surface area contributed by atoms with Gasteiger partial charge in [-0.1, -0.05) is 6.42 Å². The number of thiocarbonyl (C=S) groups is 1. The SMILES string of the molecule is S=C(Nc1ccc(-n2cnnn2)cc1)N[C@@H]1C[C@H]2CC[C@H]1C2. The van der Waals surface area contributed by atoms with Gasteiger partial charge in [-0.2, -0.15) is 0 Å². The molecule has 2 saturated carbocycles. The zero-order valence-corrected chi connectivity index (χ0v) is 13.0. The van der Waals surface area contributed by atoms with Gasteiger partial charge in [-0.25, -0.2) is 4.68 Å². The molecule has 2 fully saturated rings. The molecule has 0 spiro atoms. The molecular weight excluding hydrogens is 296 g/mol. The minimum atomic E-state index is 0.555. The minimum Gasteiger partial charge on any atom is -0.359 e. The number of nitrogens with zero attached hydrogens (tertiary/aromatic N) is 4. The second-order valence-corrected chi connectivity index (χ2v) is 6.59. The number of benzene rings is 1. The highest BCUT2D eigenvalue weighted by Gasteiger charge is 2.39. The molecule has 2 aliphatic rings. The summed E-state index contributed by atoms with van der Waals surface area (Å²) in [7, 11) is 0. The van der Waals surface area contributed by atoms with E-state index >= 15 is 0 Å². The van der Waals surface area contributed by atoms with Gasteiger partial charge in [0.05, 0.1) is 5.69 Å². The quantitative estimate of drug-likeness (QED) is 0.846. The number of aromatic nitrogens is 4. The lowest BCUT2D eigenvalue weighted by atomic mass is 9.96. The Morgan fingerprint density at radius 1 is 1.18 bits per heavy atom. The lowest BCUT2D eigenvalue weighted by Gasteiger charge is -2.24. The molecule has 1 aromatic heterocycles. The van der Waals surface area contributed by atoms with Gasteiger partial charge in [-0.3, -0.25) is 0 Å². The van der Waals surface area contributed by atoms with E-state index in [-0.39, 0.29) is 0 Å². The van der Waals surface area contributed by atoms with Crippen LogP contribution in [0.25, 0.3) is 5.69 Å². The van der Waals surface area contributed by atoms with Crippen LogP contribution < -0.4 is 10.6 Å². The molecule has 2 bridgehead atoms. The van der Waals surface area contributed by atoms with Crippen LogP contribution in [0.4, 0.5) is 5.69 Å². The molecule has 0 amide bonds. The molecule has 1 heterocycles. The summed E-state index contributed by atoms with van der Waals surface area (Å²) in [6.45, 7) is 0. The van der Waals surface area contributed by atoms with Gasteiger partial charge in [0.1, 0.15) is 6.33 Å². The second kappa shape index (κ2) is 5.64. The average Bonchev–Trinajstić information content (AvgIpc) is 3.25. The number of anilines is 1. The third kappa shape index (κ3) is 2.68. The number of fused-ring (bicyclic) bond motifs is 2. The molecule has 3 atom stereocenters. The van der Waals surface area contributed by atoms with E-state index in [2.05, 4.69) is 26.2 Å². The lowest BCUT2D eigenvalue weighted by molar-refractivity contribution is 0.392. The standard InChI is InChI=1S/C15H18N6S/c22-15(18-14-8-10-1-2-11(14)7-10)17-12-3-5-13(6-4-12)21-9-16-19-20-21/h3-6,9-11,14H,1-2,7-8H2,(H2,17,18,22)/t10-,11-,14+/m0/s1. The first-order chi connectivity index (χ1) is 10.8. The molecular formula is C15H18N6S. The van der Waals surface area contributed by atoms with Crippen molar-refractivity contribution in [1.82, 2.24) is 25.5 Å². The summed E-state index contributed by atoms with van der Waals surface area (Å²) in [4.78, 5) is 0. The molecule has 22 heavy (non-hydrogen) atoms. The average molecular weight is 314 g/mol. The van der Waals surface area contributed by atoms with Crippen LogP contribution >= 0.6 is 12.2 Å². The van der Waals surface area contributed by atoms with Crippen LogP contribution in [-0.4, -0.2) is 31.4 Å². The monoisotopic (exact) mass is 314 g/mol. The molecule has 6 nitrogen and oxygen atoms in total. The summed E-state index contributed by atoms with van der Waals surface area (Å²) >= 11 is 5.44. The summed E-state index contributed by atoms with van der Waals surface area (Å²) in [6, 6.07) is 8.43. The molecule has 2 aliphatic carbocycles. The fourth-order valence-electron chi connectivity index (χ4n) is 3.73. The molecule has 114 valence electrons. The summed E-state index contributed by atoms with van der Waals surface area (Å²) in [5, 5.41) is 18.6. The Labute approximate surface area is 134 Å². The van der Waals surface area contributed by atoms with Crippen LogP contribution in [0.15, 0.2) is 30.6 Å². The Kier molecular flexibility index (Phi) is 3.49. The smallest absolute Gasteiger partial charge is 0.171 e. The predicted molar refractivity (Wildman–Crippen MR) is 87.7 cm³/mol. The first-order valence-electron chi connectivity index (χ1n) is 7.69. The zero-order valence-electron chi connectivity index (χ0n) is 12.1. The van der Waals surface area contributed by atoms with Crippen LogP contribution in [-0.2, 0) is 0 Å². The molecule has 1 aromatic carbocycles. The summed E-state index contributed by atoms with van der Waals surface area (Å²) in [6.07, 6.45) is 6.97. The van der Waals surface area contributed by atoms with Gasteiger partial charge in [0.15, 0.2) is 5.11 Å². The largest absolute Gasteiger partial charge is 0.359 e. The van der Waals surface area contributed by atoms with Crippen LogP contribution in [0, 0.1) is 11.8 Å². The summed E-state index contributed by atoms with van der Waals surface area (Å²) in [5.41, 5.74) is 1.89. The van der Waals surface area contributed by atoms with Crippen molar-refractivity contribution in [2.24, 2.45) is 11.8 Å². The third-order valence-corrected chi connectivity index (χ3v) is 5.01. The van der Waals surface area contributed by atoms with Gasteiger partial charge in [-0.15, -0.1) is 5.10 Å². The van der Waals surface area contributed by atoms with E-state index < -0.39 is 0 Å². The molecule has 0 radical (unpaired) electrons. The van der Waals surface area contributed by atoms with Gasteiger partial charge in [0.2, 0.25) is 0 Å². The Morgan fingerprint density at radius 3 is 2.68 bits per heavy atom. The van der Waals surface area contributed by atoms with Crippen molar-refractivity contribution in [2.45, 2.75) is 31.7 Å². The summed E-state index contributed by atoms with van der Waals surface area (Å²) in [5.74, 6) is 1.73. The van der Waals surface area contributed by atoms with Gasteiger partial charge >= 0.3 is 0 Å². The van der Waals surface area contributed by atoms with Crippen molar-refractivity contribution in [3.05, 3.63) is 30.6 Å². The topological polar surface area (TPSA) is 67.7 Å². The lowest BCUT2D eigenvalue weighted by Crippen LogP contribution is -2.40. The Hall–Kier alpha value is -2.02. The fraction of sp³-hybridized carbons (Fsp3) is 0.467. The fourth-order valence-corrected chi connectivity index (χ4v) is 4.00.